The third-order valence-corrected chi connectivity index (χ3v) is 3.84. The van der Waals surface area contributed by atoms with Gasteiger partial charge in [0.25, 0.3) is 0 Å². The summed E-state index contributed by atoms with van der Waals surface area (Å²) in [5, 5.41) is 4.14. The molecule has 0 aliphatic carbocycles. The van der Waals surface area contributed by atoms with E-state index in [4.69, 9.17) is 12.2 Å². The van der Waals surface area contributed by atoms with Crippen molar-refractivity contribution in [3.8, 4) is 0 Å². The molecule has 1 atom stereocenters. The maximum atomic E-state index is 5.43. The molecular weight excluding hydrogens is 252 g/mol. The summed E-state index contributed by atoms with van der Waals surface area (Å²) in [6.07, 6.45) is 0. The van der Waals surface area contributed by atoms with Crippen molar-refractivity contribution >= 4 is 17.3 Å². The van der Waals surface area contributed by atoms with E-state index in [-0.39, 0.29) is 0 Å². The molecule has 2 nitrogen and oxygen atoms in total. The quantitative estimate of drug-likeness (QED) is 0.861. The Hall–Kier alpha value is -1.87. The molecule has 3 heteroatoms. The van der Waals surface area contributed by atoms with Gasteiger partial charge in [0.05, 0.1) is 6.04 Å². The predicted molar refractivity (Wildman–Crippen MR) is 81.8 cm³/mol. The summed E-state index contributed by atoms with van der Waals surface area (Å²) in [6, 6.07) is 21.3. The summed E-state index contributed by atoms with van der Waals surface area (Å²) >= 11 is 5.43. The van der Waals surface area contributed by atoms with Crippen molar-refractivity contribution in [3.63, 3.8) is 0 Å². The van der Waals surface area contributed by atoms with Crippen LogP contribution in [0.3, 0.4) is 0 Å². The van der Waals surface area contributed by atoms with E-state index in [1.54, 1.807) is 0 Å². The lowest BCUT2D eigenvalue weighted by atomic mass is 10.1. The molecule has 2 aromatic carbocycles. The van der Waals surface area contributed by atoms with Crippen LogP contribution in [0.2, 0.25) is 0 Å². The zero-order valence-corrected chi connectivity index (χ0v) is 11.4. The first-order valence-electron chi connectivity index (χ1n) is 6.48. The van der Waals surface area contributed by atoms with E-state index < -0.39 is 0 Å². The van der Waals surface area contributed by atoms with Gasteiger partial charge in [0.2, 0.25) is 0 Å². The van der Waals surface area contributed by atoms with E-state index in [1.807, 2.05) is 12.1 Å². The van der Waals surface area contributed by atoms with Gasteiger partial charge in [-0.05, 0) is 23.3 Å². The van der Waals surface area contributed by atoms with Gasteiger partial charge < -0.3 is 10.2 Å². The van der Waals surface area contributed by atoms with Gasteiger partial charge in [0, 0.05) is 13.1 Å². The van der Waals surface area contributed by atoms with Crippen LogP contribution in [0.15, 0.2) is 60.7 Å². The first-order valence-corrected chi connectivity index (χ1v) is 6.89. The van der Waals surface area contributed by atoms with E-state index >= 15 is 0 Å². The first kappa shape index (κ1) is 12.2. The zero-order valence-electron chi connectivity index (χ0n) is 10.6. The molecule has 1 aliphatic heterocycles. The van der Waals surface area contributed by atoms with E-state index in [0.717, 1.165) is 18.2 Å². The van der Waals surface area contributed by atoms with E-state index in [2.05, 4.69) is 58.7 Å². The normalized spacial score (nSPS) is 18.4. The summed E-state index contributed by atoms with van der Waals surface area (Å²) in [7, 11) is 0. The molecular formula is C16H16N2S. The van der Waals surface area contributed by atoms with Gasteiger partial charge in [-0.2, -0.15) is 0 Å². The molecule has 0 radical (unpaired) electrons. The SMILES string of the molecule is S=C1NCC(c2ccccc2)N1Cc1ccccc1. The third kappa shape index (κ3) is 2.61. The van der Waals surface area contributed by atoms with Gasteiger partial charge in [-0.15, -0.1) is 0 Å². The lowest BCUT2D eigenvalue weighted by Crippen LogP contribution is -2.29. The maximum Gasteiger partial charge on any atom is 0.169 e. The molecule has 96 valence electrons. The van der Waals surface area contributed by atoms with Gasteiger partial charge >= 0.3 is 0 Å². The Morgan fingerprint density at radius 3 is 2.32 bits per heavy atom. The van der Waals surface area contributed by atoms with E-state index in [9.17, 15) is 0 Å². The van der Waals surface area contributed by atoms with Crippen LogP contribution in [0.5, 0.6) is 0 Å². The largest absolute Gasteiger partial charge is 0.360 e. The lowest BCUT2D eigenvalue weighted by molar-refractivity contribution is 0.354. The van der Waals surface area contributed by atoms with Crippen LogP contribution in [0, 0.1) is 0 Å². The fraction of sp³-hybridized carbons (Fsp3) is 0.188. The van der Waals surface area contributed by atoms with Crippen molar-refractivity contribution in [2.24, 2.45) is 0 Å². The maximum absolute atomic E-state index is 5.43. The summed E-state index contributed by atoms with van der Waals surface area (Å²) < 4.78 is 0. The molecule has 0 bridgehead atoms. The summed E-state index contributed by atoms with van der Waals surface area (Å²) in [4.78, 5) is 2.26. The number of nitrogens with one attached hydrogen (secondary N) is 1. The minimum atomic E-state index is 0.328. The highest BCUT2D eigenvalue weighted by Gasteiger charge is 2.28. The molecule has 1 N–H and O–H groups in total. The molecule has 1 unspecified atom stereocenters. The third-order valence-electron chi connectivity index (χ3n) is 3.46. The zero-order chi connectivity index (χ0) is 13.1. The average Bonchev–Trinajstić information content (AvgIpc) is 2.82. The Labute approximate surface area is 119 Å². The number of thiocarbonyl (C=S) groups is 1. The number of rotatable bonds is 3. The van der Waals surface area contributed by atoms with Crippen molar-refractivity contribution in [1.29, 1.82) is 0 Å². The Morgan fingerprint density at radius 2 is 1.63 bits per heavy atom. The van der Waals surface area contributed by atoms with Crippen molar-refractivity contribution < 1.29 is 0 Å². The second kappa shape index (κ2) is 5.41. The van der Waals surface area contributed by atoms with Crippen molar-refractivity contribution in [2.75, 3.05) is 6.54 Å². The highest BCUT2D eigenvalue weighted by Crippen LogP contribution is 2.26. The summed E-state index contributed by atoms with van der Waals surface area (Å²) in [6.45, 7) is 1.74. The molecule has 0 aromatic heterocycles. The van der Waals surface area contributed by atoms with Crippen LogP contribution in [0.4, 0.5) is 0 Å². The molecule has 19 heavy (non-hydrogen) atoms. The number of hydrogen-bond donors (Lipinski definition) is 1. The van der Waals surface area contributed by atoms with Crippen LogP contribution in [-0.2, 0) is 6.54 Å². The second-order valence-electron chi connectivity index (χ2n) is 4.73. The molecule has 1 heterocycles. The van der Waals surface area contributed by atoms with Crippen molar-refractivity contribution in [2.45, 2.75) is 12.6 Å². The summed E-state index contributed by atoms with van der Waals surface area (Å²) in [5.41, 5.74) is 2.60. The minimum Gasteiger partial charge on any atom is -0.360 e. The highest BCUT2D eigenvalue weighted by atomic mass is 32.1. The van der Waals surface area contributed by atoms with Crippen LogP contribution >= 0.6 is 12.2 Å². The van der Waals surface area contributed by atoms with Crippen LogP contribution in [0.25, 0.3) is 0 Å². The molecule has 0 spiro atoms. The van der Waals surface area contributed by atoms with E-state index in [1.165, 1.54) is 11.1 Å². The molecule has 1 fully saturated rings. The van der Waals surface area contributed by atoms with Crippen molar-refractivity contribution in [1.82, 2.24) is 10.2 Å². The van der Waals surface area contributed by atoms with Gasteiger partial charge in [-0.3, -0.25) is 0 Å². The fourth-order valence-electron chi connectivity index (χ4n) is 2.47. The van der Waals surface area contributed by atoms with Gasteiger partial charge in [0.1, 0.15) is 0 Å². The highest BCUT2D eigenvalue weighted by molar-refractivity contribution is 7.80. The van der Waals surface area contributed by atoms with Crippen molar-refractivity contribution in [3.05, 3.63) is 71.8 Å². The monoisotopic (exact) mass is 268 g/mol. The molecule has 2 aromatic rings. The minimum absolute atomic E-state index is 0.328. The fourth-order valence-corrected chi connectivity index (χ4v) is 2.75. The lowest BCUT2D eigenvalue weighted by Gasteiger charge is -2.25. The number of hydrogen-bond acceptors (Lipinski definition) is 1. The molecule has 1 aliphatic rings. The van der Waals surface area contributed by atoms with Gasteiger partial charge in [-0.1, -0.05) is 60.7 Å². The van der Waals surface area contributed by atoms with E-state index in [0.29, 0.717) is 6.04 Å². The van der Waals surface area contributed by atoms with Gasteiger partial charge in [0.15, 0.2) is 5.11 Å². The summed E-state index contributed by atoms with van der Waals surface area (Å²) in [5.74, 6) is 0. The van der Waals surface area contributed by atoms with Crippen LogP contribution in [-0.4, -0.2) is 16.6 Å². The topological polar surface area (TPSA) is 15.3 Å². The molecule has 0 amide bonds. The molecule has 0 saturated carbocycles. The standard InChI is InChI=1S/C16H16N2S/c19-16-17-11-15(14-9-5-2-6-10-14)18(16)12-13-7-3-1-4-8-13/h1-10,15H,11-12H2,(H,17,19). The number of nitrogens with zero attached hydrogens (tertiary/aromatic N) is 1. The Bertz CT molecular complexity index is 553. The smallest absolute Gasteiger partial charge is 0.169 e. The van der Waals surface area contributed by atoms with Crippen LogP contribution < -0.4 is 5.32 Å². The Kier molecular flexibility index (Phi) is 3.47. The first-order chi connectivity index (χ1) is 9.34. The second-order valence-corrected chi connectivity index (χ2v) is 5.11. The molecule has 1 saturated heterocycles. The van der Waals surface area contributed by atoms with Gasteiger partial charge in [-0.25, -0.2) is 0 Å². The number of benzene rings is 2. The molecule has 3 rings (SSSR count). The Morgan fingerprint density at radius 1 is 1.00 bits per heavy atom. The predicted octanol–water partition coefficient (Wildman–Crippen LogP) is 3.12. The van der Waals surface area contributed by atoms with Crippen LogP contribution in [0.1, 0.15) is 17.2 Å². The average molecular weight is 268 g/mol. The Balaban J connectivity index is 1.83.